The van der Waals surface area contributed by atoms with Gasteiger partial charge in [-0.1, -0.05) is 5.21 Å². The molecule has 2 aromatic rings. The molecular weight excluding hydrogens is 144 g/mol. The van der Waals surface area contributed by atoms with Gasteiger partial charge in [0, 0.05) is 0 Å². The first-order valence-corrected chi connectivity index (χ1v) is 2.84. The molecule has 0 aliphatic rings. The number of nitrogens with one attached hydrogen (secondary N) is 1. The van der Waals surface area contributed by atoms with Crippen molar-refractivity contribution in [2.45, 2.75) is 0 Å². The van der Waals surface area contributed by atoms with E-state index < -0.39 is 0 Å². The van der Waals surface area contributed by atoms with Gasteiger partial charge in [-0.15, -0.1) is 5.10 Å². The largest absolute Gasteiger partial charge is 0.239 e. The van der Waals surface area contributed by atoms with Gasteiger partial charge in [0.25, 0.3) is 0 Å². The summed E-state index contributed by atoms with van der Waals surface area (Å²) in [7, 11) is 0. The van der Waals surface area contributed by atoms with Gasteiger partial charge in [0.2, 0.25) is 5.65 Å². The van der Waals surface area contributed by atoms with Crippen LogP contribution in [0, 0.1) is 11.3 Å². The molecule has 0 saturated heterocycles. The van der Waals surface area contributed by atoms with E-state index in [0.717, 1.165) is 0 Å². The van der Waals surface area contributed by atoms with Crippen LogP contribution in [0.1, 0.15) is 5.69 Å². The molecule has 52 valence electrons. The number of aromatic nitrogens is 5. The van der Waals surface area contributed by atoms with E-state index in [1.54, 1.807) is 0 Å². The average Bonchev–Trinajstić information content (AvgIpc) is 2.50. The minimum Gasteiger partial charge on any atom is -0.239 e. The lowest BCUT2D eigenvalue weighted by molar-refractivity contribution is 0.951. The molecule has 0 unspecified atom stereocenters. The fourth-order valence-electron chi connectivity index (χ4n) is 0.702. The Labute approximate surface area is 60.9 Å². The lowest BCUT2D eigenvalue weighted by Gasteiger charge is -1.84. The summed E-state index contributed by atoms with van der Waals surface area (Å²) in [6, 6.07) is 1.85. The zero-order valence-electron chi connectivity index (χ0n) is 5.31. The maximum absolute atomic E-state index is 8.42. The molecule has 2 rings (SSSR count). The van der Waals surface area contributed by atoms with Crippen LogP contribution in [0.15, 0.2) is 6.20 Å². The lowest BCUT2D eigenvalue weighted by Crippen LogP contribution is -1.86. The summed E-state index contributed by atoms with van der Waals surface area (Å²) in [5, 5.41) is 18.0. The standard InChI is InChI=1S/C5H2N6/c6-1-3-2-7-4-5(8-3)10-11-9-4/h2H,(H,7,8,9,10,11). The number of fused-ring (bicyclic) bond motifs is 1. The summed E-state index contributed by atoms with van der Waals surface area (Å²) in [5.41, 5.74) is 1.10. The Bertz CT molecular complexity index is 424. The van der Waals surface area contributed by atoms with Gasteiger partial charge in [0.05, 0.1) is 6.20 Å². The molecule has 6 nitrogen and oxygen atoms in total. The summed E-state index contributed by atoms with van der Waals surface area (Å²) >= 11 is 0. The number of nitrogens with zero attached hydrogens (tertiary/aromatic N) is 5. The maximum Gasteiger partial charge on any atom is 0.222 e. The number of hydrogen-bond acceptors (Lipinski definition) is 5. The molecule has 0 bridgehead atoms. The van der Waals surface area contributed by atoms with Gasteiger partial charge in [-0.3, -0.25) is 0 Å². The van der Waals surface area contributed by atoms with Crippen molar-refractivity contribution < 1.29 is 0 Å². The Balaban J connectivity index is 2.79. The number of nitriles is 1. The van der Waals surface area contributed by atoms with Crippen molar-refractivity contribution in [3.05, 3.63) is 11.9 Å². The minimum atomic E-state index is 0.242. The predicted molar refractivity (Wildman–Crippen MR) is 34.2 cm³/mol. The second-order valence-electron chi connectivity index (χ2n) is 1.85. The summed E-state index contributed by atoms with van der Waals surface area (Å²) in [5.74, 6) is 0. The zero-order chi connectivity index (χ0) is 7.68. The van der Waals surface area contributed by atoms with Crippen molar-refractivity contribution in [2.75, 3.05) is 0 Å². The molecule has 0 aliphatic heterocycles. The van der Waals surface area contributed by atoms with Crippen LogP contribution >= 0.6 is 0 Å². The van der Waals surface area contributed by atoms with E-state index >= 15 is 0 Å². The van der Waals surface area contributed by atoms with Crippen LogP contribution in [-0.2, 0) is 0 Å². The number of aromatic amines is 1. The molecule has 0 atom stereocenters. The summed E-state index contributed by atoms with van der Waals surface area (Å²) in [6.07, 6.45) is 1.36. The van der Waals surface area contributed by atoms with Crippen molar-refractivity contribution in [1.29, 1.82) is 5.26 Å². The van der Waals surface area contributed by atoms with Crippen LogP contribution in [0.25, 0.3) is 11.3 Å². The third kappa shape index (κ3) is 0.789. The first kappa shape index (κ1) is 5.73. The van der Waals surface area contributed by atoms with Gasteiger partial charge in [-0.05, 0) is 0 Å². The van der Waals surface area contributed by atoms with E-state index in [1.807, 2.05) is 6.07 Å². The number of hydrogen-bond donors (Lipinski definition) is 1. The van der Waals surface area contributed by atoms with E-state index in [0.29, 0.717) is 11.3 Å². The van der Waals surface area contributed by atoms with E-state index in [2.05, 4.69) is 25.4 Å². The third-order valence-electron chi connectivity index (χ3n) is 1.17. The Morgan fingerprint density at radius 1 is 1.55 bits per heavy atom. The Kier molecular flexibility index (Phi) is 1.03. The van der Waals surface area contributed by atoms with Crippen molar-refractivity contribution in [3.63, 3.8) is 0 Å². The van der Waals surface area contributed by atoms with Crippen molar-refractivity contribution in [3.8, 4) is 6.07 Å². The summed E-state index contributed by atoms with van der Waals surface area (Å²) < 4.78 is 0. The smallest absolute Gasteiger partial charge is 0.222 e. The number of H-pyrrole nitrogens is 1. The van der Waals surface area contributed by atoms with Crippen LogP contribution in [0.3, 0.4) is 0 Å². The van der Waals surface area contributed by atoms with Crippen LogP contribution in [-0.4, -0.2) is 25.4 Å². The molecular formula is C5H2N6. The van der Waals surface area contributed by atoms with Crippen LogP contribution in [0.4, 0.5) is 0 Å². The monoisotopic (exact) mass is 146 g/mol. The van der Waals surface area contributed by atoms with Gasteiger partial charge in [-0.2, -0.15) is 5.26 Å². The third-order valence-corrected chi connectivity index (χ3v) is 1.17. The minimum absolute atomic E-state index is 0.242. The fraction of sp³-hybridized carbons (Fsp3) is 0. The normalized spacial score (nSPS) is 9.73. The van der Waals surface area contributed by atoms with Crippen LogP contribution in [0.5, 0.6) is 0 Å². The molecule has 2 heterocycles. The first-order chi connectivity index (χ1) is 5.40. The van der Waals surface area contributed by atoms with Gasteiger partial charge < -0.3 is 0 Å². The van der Waals surface area contributed by atoms with E-state index in [9.17, 15) is 0 Å². The first-order valence-electron chi connectivity index (χ1n) is 2.84. The molecule has 0 fully saturated rings. The van der Waals surface area contributed by atoms with Crippen molar-refractivity contribution in [1.82, 2.24) is 25.4 Å². The highest BCUT2D eigenvalue weighted by atomic mass is 15.4. The molecule has 0 saturated carbocycles. The topological polar surface area (TPSA) is 91.1 Å². The molecule has 0 amide bonds. The highest BCUT2D eigenvalue weighted by Crippen LogP contribution is 1.99. The van der Waals surface area contributed by atoms with E-state index in [4.69, 9.17) is 5.26 Å². The van der Waals surface area contributed by atoms with Crippen molar-refractivity contribution in [2.24, 2.45) is 0 Å². The highest BCUT2D eigenvalue weighted by Gasteiger charge is 2.00. The van der Waals surface area contributed by atoms with Crippen molar-refractivity contribution >= 4 is 11.3 Å². The molecule has 6 heteroatoms. The Morgan fingerprint density at radius 2 is 2.45 bits per heavy atom. The maximum atomic E-state index is 8.42. The predicted octanol–water partition coefficient (Wildman–Crippen LogP) is -0.380. The summed E-state index contributed by atoms with van der Waals surface area (Å²) in [6.45, 7) is 0. The average molecular weight is 146 g/mol. The van der Waals surface area contributed by atoms with Gasteiger partial charge in [0.15, 0.2) is 11.3 Å². The molecule has 0 aromatic carbocycles. The van der Waals surface area contributed by atoms with E-state index in [-0.39, 0.29) is 5.69 Å². The van der Waals surface area contributed by atoms with E-state index in [1.165, 1.54) is 6.20 Å². The molecule has 0 aliphatic carbocycles. The highest BCUT2D eigenvalue weighted by molar-refractivity contribution is 5.63. The van der Waals surface area contributed by atoms with Gasteiger partial charge in [0.1, 0.15) is 6.07 Å². The molecule has 0 radical (unpaired) electrons. The lowest BCUT2D eigenvalue weighted by atomic mass is 10.5. The second-order valence-corrected chi connectivity index (χ2v) is 1.85. The zero-order valence-corrected chi connectivity index (χ0v) is 5.31. The Hall–Kier alpha value is -2.03. The fourth-order valence-corrected chi connectivity index (χ4v) is 0.702. The summed E-state index contributed by atoms with van der Waals surface area (Å²) in [4.78, 5) is 7.67. The molecule has 11 heavy (non-hydrogen) atoms. The van der Waals surface area contributed by atoms with Crippen LogP contribution in [0.2, 0.25) is 0 Å². The molecule has 2 aromatic heterocycles. The van der Waals surface area contributed by atoms with Crippen LogP contribution < -0.4 is 0 Å². The Morgan fingerprint density at radius 3 is 3.27 bits per heavy atom. The number of rotatable bonds is 0. The SMILES string of the molecule is N#Cc1cnc2[nH]nnc2n1. The molecule has 1 N–H and O–H groups in total. The quantitative estimate of drug-likeness (QED) is 0.547. The van der Waals surface area contributed by atoms with Gasteiger partial charge >= 0.3 is 0 Å². The molecule has 0 spiro atoms. The van der Waals surface area contributed by atoms with Gasteiger partial charge in [-0.25, -0.2) is 15.1 Å². The second kappa shape index (κ2) is 1.98.